The van der Waals surface area contributed by atoms with Gasteiger partial charge in [-0.3, -0.25) is 9.69 Å². The molecule has 4 rings (SSSR count). The number of carbonyl (C=O) groups excluding carboxylic acids is 3. The predicted octanol–water partition coefficient (Wildman–Crippen LogP) is 3.98. The van der Waals surface area contributed by atoms with Crippen LogP contribution in [0.5, 0.6) is 0 Å². The molecule has 0 aromatic heterocycles. The number of para-hydroxylation sites is 1. The van der Waals surface area contributed by atoms with E-state index in [4.69, 9.17) is 16.3 Å². The van der Waals surface area contributed by atoms with E-state index in [1.165, 1.54) is 4.90 Å². The summed E-state index contributed by atoms with van der Waals surface area (Å²) >= 11 is 5.95. The van der Waals surface area contributed by atoms with E-state index in [1.807, 2.05) is 38.1 Å². The number of nitrogens with zero attached hydrogens (tertiary/aromatic N) is 1. The summed E-state index contributed by atoms with van der Waals surface area (Å²) in [6, 6.07) is 13.3. The maximum atomic E-state index is 12.9. The van der Waals surface area contributed by atoms with E-state index in [0.29, 0.717) is 27.5 Å². The fourth-order valence-electron chi connectivity index (χ4n) is 3.83. The number of anilines is 1. The molecule has 2 aromatic rings. The first-order valence-corrected chi connectivity index (χ1v) is 10.4. The van der Waals surface area contributed by atoms with Gasteiger partial charge in [0.15, 0.2) is 0 Å². The minimum atomic E-state index is -0.657. The smallest absolute Gasteiger partial charge is 0.338 e. The number of halogens is 1. The summed E-state index contributed by atoms with van der Waals surface area (Å²) in [6.07, 6.45) is 0. The summed E-state index contributed by atoms with van der Waals surface area (Å²) < 4.78 is 5.20. The van der Waals surface area contributed by atoms with Crippen molar-refractivity contribution >= 4 is 35.2 Å². The van der Waals surface area contributed by atoms with Crippen molar-refractivity contribution < 1.29 is 19.1 Å². The van der Waals surface area contributed by atoms with Crippen molar-refractivity contribution in [3.8, 4) is 0 Å². The topological polar surface area (TPSA) is 87.7 Å². The highest BCUT2D eigenvalue weighted by Crippen LogP contribution is 2.35. The highest BCUT2D eigenvalue weighted by atomic mass is 35.5. The van der Waals surface area contributed by atoms with E-state index >= 15 is 0 Å². The number of hydrogen-bond donors (Lipinski definition) is 2. The Morgan fingerprint density at radius 3 is 2.61 bits per heavy atom. The van der Waals surface area contributed by atoms with Gasteiger partial charge in [0.25, 0.3) is 0 Å². The lowest BCUT2D eigenvalue weighted by Gasteiger charge is -2.32. The van der Waals surface area contributed by atoms with Gasteiger partial charge in [0, 0.05) is 10.7 Å². The first-order valence-electron chi connectivity index (χ1n) is 9.97. The van der Waals surface area contributed by atoms with Crippen LogP contribution in [0.25, 0.3) is 0 Å². The number of cyclic esters (lactones) is 1. The zero-order chi connectivity index (χ0) is 22.1. The zero-order valence-corrected chi connectivity index (χ0v) is 17.9. The summed E-state index contributed by atoms with van der Waals surface area (Å²) in [4.78, 5) is 39.3. The third kappa shape index (κ3) is 4.14. The minimum absolute atomic E-state index is 0.0540. The summed E-state index contributed by atoms with van der Waals surface area (Å²) in [5, 5.41) is 6.23. The molecule has 0 bridgehead atoms. The first-order chi connectivity index (χ1) is 14.8. The first kappa shape index (κ1) is 20.9. The van der Waals surface area contributed by atoms with E-state index in [9.17, 15) is 14.4 Å². The average Bonchev–Trinajstić information content (AvgIpc) is 3.12. The maximum absolute atomic E-state index is 12.9. The van der Waals surface area contributed by atoms with Crippen molar-refractivity contribution in [1.29, 1.82) is 0 Å². The Balaban J connectivity index is 1.59. The number of nitrogens with one attached hydrogen (secondary N) is 2. The molecule has 2 N–H and O–H groups in total. The number of carbonyl (C=O) groups is 3. The molecule has 7 nitrogen and oxygen atoms in total. The Morgan fingerprint density at radius 1 is 1.19 bits per heavy atom. The van der Waals surface area contributed by atoms with Gasteiger partial charge in [-0.05, 0) is 35.2 Å². The molecule has 2 aliphatic heterocycles. The van der Waals surface area contributed by atoms with Crippen molar-refractivity contribution in [3.05, 3.63) is 76.0 Å². The van der Waals surface area contributed by atoms with Gasteiger partial charge in [0.2, 0.25) is 5.91 Å². The molecule has 0 aliphatic carbocycles. The second kappa shape index (κ2) is 8.43. The number of amides is 3. The van der Waals surface area contributed by atoms with Gasteiger partial charge >= 0.3 is 12.0 Å². The van der Waals surface area contributed by atoms with Crippen LogP contribution in [0.2, 0.25) is 5.02 Å². The lowest BCUT2D eigenvalue weighted by atomic mass is 9.96. The summed E-state index contributed by atoms with van der Waals surface area (Å²) in [7, 11) is 0. The monoisotopic (exact) mass is 439 g/mol. The van der Waals surface area contributed by atoms with Gasteiger partial charge in [0.1, 0.15) is 13.2 Å². The number of esters is 1. The van der Waals surface area contributed by atoms with Crippen LogP contribution >= 0.6 is 11.6 Å². The molecule has 8 heteroatoms. The molecule has 2 heterocycles. The molecular formula is C23H22ClN3O4. The standard InChI is InChI=1S/C23H22ClN3O4/c1-13(2)16-5-3-4-6-17(16)25-19(28)11-27-18-12-31-22(29)20(18)21(26-23(27)30)14-7-9-15(24)10-8-14/h3-10,13,21H,11-12H2,1-2H3,(H,25,28)(H,26,30)/t21-/m0/s1. The van der Waals surface area contributed by atoms with Crippen LogP contribution in [-0.2, 0) is 14.3 Å². The minimum Gasteiger partial charge on any atom is -0.456 e. The number of hydrogen-bond acceptors (Lipinski definition) is 4. The SMILES string of the molecule is CC(C)c1ccccc1NC(=O)CN1C(=O)N[C@@H](c2ccc(Cl)cc2)C2=C1COC2=O. The van der Waals surface area contributed by atoms with Crippen molar-refractivity contribution in [1.82, 2.24) is 10.2 Å². The average molecular weight is 440 g/mol. The van der Waals surface area contributed by atoms with Gasteiger partial charge < -0.3 is 15.4 Å². The van der Waals surface area contributed by atoms with Gasteiger partial charge in [0.05, 0.1) is 17.3 Å². The van der Waals surface area contributed by atoms with E-state index in [2.05, 4.69) is 10.6 Å². The van der Waals surface area contributed by atoms with E-state index < -0.39 is 18.0 Å². The van der Waals surface area contributed by atoms with E-state index in [1.54, 1.807) is 24.3 Å². The Labute approximate surface area is 185 Å². The second-order valence-corrected chi connectivity index (χ2v) is 8.18. The van der Waals surface area contributed by atoms with E-state index in [-0.39, 0.29) is 25.0 Å². The van der Waals surface area contributed by atoms with Gasteiger partial charge in [-0.1, -0.05) is 55.8 Å². The van der Waals surface area contributed by atoms with Crippen LogP contribution < -0.4 is 10.6 Å². The Morgan fingerprint density at radius 2 is 1.90 bits per heavy atom. The van der Waals surface area contributed by atoms with Crippen LogP contribution in [-0.4, -0.2) is 36.0 Å². The van der Waals surface area contributed by atoms with Crippen LogP contribution in [0, 0.1) is 0 Å². The maximum Gasteiger partial charge on any atom is 0.338 e. The summed E-state index contributed by atoms with van der Waals surface area (Å²) in [5.74, 6) is -0.644. The Kier molecular flexibility index (Phi) is 5.69. The number of ether oxygens (including phenoxy) is 1. The summed E-state index contributed by atoms with van der Waals surface area (Å²) in [5.41, 5.74) is 3.14. The second-order valence-electron chi connectivity index (χ2n) is 7.75. The highest BCUT2D eigenvalue weighted by molar-refractivity contribution is 6.30. The molecule has 31 heavy (non-hydrogen) atoms. The third-order valence-corrected chi connectivity index (χ3v) is 5.61. The van der Waals surface area contributed by atoms with Crippen LogP contribution in [0.15, 0.2) is 59.8 Å². The lowest BCUT2D eigenvalue weighted by molar-refractivity contribution is -0.136. The Hall–Kier alpha value is -3.32. The molecule has 0 spiro atoms. The lowest BCUT2D eigenvalue weighted by Crippen LogP contribution is -2.49. The zero-order valence-electron chi connectivity index (χ0n) is 17.1. The largest absolute Gasteiger partial charge is 0.456 e. The molecule has 1 atom stereocenters. The Bertz CT molecular complexity index is 1080. The number of benzene rings is 2. The molecule has 2 aromatic carbocycles. The molecule has 0 saturated heterocycles. The highest BCUT2D eigenvalue weighted by Gasteiger charge is 2.42. The molecule has 0 unspecified atom stereocenters. The van der Waals surface area contributed by atoms with Crippen LogP contribution in [0.3, 0.4) is 0 Å². The number of urea groups is 1. The number of rotatable bonds is 5. The van der Waals surface area contributed by atoms with Crippen molar-refractivity contribution in [2.24, 2.45) is 0 Å². The molecule has 160 valence electrons. The van der Waals surface area contributed by atoms with Gasteiger partial charge in [-0.15, -0.1) is 0 Å². The molecule has 0 fully saturated rings. The normalized spacial score (nSPS) is 18.1. The molecule has 0 saturated carbocycles. The summed E-state index contributed by atoms with van der Waals surface area (Å²) in [6.45, 7) is 3.79. The molecule has 3 amide bonds. The van der Waals surface area contributed by atoms with Crippen molar-refractivity contribution in [2.45, 2.75) is 25.8 Å². The molecular weight excluding hydrogens is 418 g/mol. The van der Waals surface area contributed by atoms with E-state index in [0.717, 1.165) is 5.56 Å². The van der Waals surface area contributed by atoms with Crippen LogP contribution in [0.1, 0.15) is 36.9 Å². The molecule has 2 aliphatic rings. The third-order valence-electron chi connectivity index (χ3n) is 5.36. The van der Waals surface area contributed by atoms with Gasteiger partial charge in [-0.25, -0.2) is 9.59 Å². The molecule has 0 radical (unpaired) electrons. The van der Waals surface area contributed by atoms with Gasteiger partial charge in [-0.2, -0.15) is 0 Å². The van der Waals surface area contributed by atoms with Crippen LogP contribution in [0.4, 0.5) is 10.5 Å². The van der Waals surface area contributed by atoms with Crippen molar-refractivity contribution in [3.63, 3.8) is 0 Å². The van der Waals surface area contributed by atoms with Crippen molar-refractivity contribution in [2.75, 3.05) is 18.5 Å². The fraction of sp³-hybridized carbons (Fsp3) is 0.261. The predicted molar refractivity (Wildman–Crippen MR) is 117 cm³/mol. The fourth-order valence-corrected chi connectivity index (χ4v) is 3.96. The quantitative estimate of drug-likeness (QED) is 0.690.